The third-order valence-electron chi connectivity index (χ3n) is 3.24. The zero-order valence-corrected chi connectivity index (χ0v) is 12.2. The zero-order chi connectivity index (χ0) is 14.2. The molecule has 0 atom stereocenters. The van der Waals surface area contributed by atoms with E-state index in [9.17, 15) is 13.6 Å². The number of ether oxygens (including phenoxy) is 1. The number of hydrogen-bond acceptors (Lipinski definition) is 2. The van der Waals surface area contributed by atoms with Crippen LogP contribution in [0, 0.1) is 6.92 Å². The molecule has 1 aromatic rings. The highest BCUT2D eigenvalue weighted by Gasteiger charge is 2.46. The number of benzene rings is 1. The fourth-order valence-corrected chi connectivity index (χ4v) is 2.79. The molecule has 6 heteroatoms. The molecule has 1 aliphatic rings. The second-order valence-electron chi connectivity index (χ2n) is 4.68. The zero-order valence-electron chi connectivity index (χ0n) is 10.6. The van der Waals surface area contributed by atoms with Gasteiger partial charge in [0.15, 0.2) is 0 Å². The maximum Gasteiger partial charge on any atom is 0.253 e. The monoisotopic (exact) mass is 333 g/mol. The molecule has 3 nitrogen and oxygen atoms in total. The van der Waals surface area contributed by atoms with Gasteiger partial charge in [-0.2, -0.15) is 0 Å². The lowest BCUT2D eigenvalue weighted by Crippen LogP contribution is -2.50. The Hall–Kier alpha value is -1.17. The molecule has 0 aliphatic heterocycles. The van der Waals surface area contributed by atoms with Crippen LogP contribution in [0.4, 0.5) is 8.78 Å². The van der Waals surface area contributed by atoms with Crippen LogP contribution in [0.15, 0.2) is 16.6 Å². The van der Waals surface area contributed by atoms with Gasteiger partial charge in [0.05, 0.1) is 12.7 Å². The van der Waals surface area contributed by atoms with Crippen molar-refractivity contribution < 1.29 is 18.3 Å². The number of methoxy groups -OCH3 is 1. The van der Waals surface area contributed by atoms with Crippen molar-refractivity contribution in [3.8, 4) is 5.75 Å². The van der Waals surface area contributed by atoms with Crippen molar-refractivity contribution in [2.75, 3.05) is 7.11 Å². The number of carbonyl (C=O) groups is 1. The topological polar surface area (TPSA) is 38.3 Å². The fourth-order valence-electron chi connectivity index (χ4n) is 2.18. The summed E-state index contributed by atoms with van der Waals surface area (Å²) in [5.41, 5.74) is 1.11. The van der Waals surface area contributed by atoms with Gasteiger partial charge in [-0.05, 0) is 35.0 Å². The van der Waals surface area contributed by atoms with Gasteiger partial charge in [-0.25, -0.2) is 8.78 Å². The van der Waals surface area contributed by atoms with Crippen LogP contribution in [-0.4, -0.2) is 25.0 Å². The van der Waals surface area contributed by atoms with Gasteiger partial charge in [-0.3, -0.25) is 4.79 Å². The van der Waals surface area contributed by atoms with Gasteiger partial charge < -0.3 is 10.1 Å². The number of nitrogens with one attached hydrogen (secondary N) is 1. The summed E-state index contributed by atoms with van der Waals surface area (Å²) in [5.74, 6) is -2.41. The molecule has 104 valence electrons. The summed E-state index contributed by atoms with van der Waals surface area (Å²) in [6.07, 6.45) is -0.585. The molecule has 1 aromatic carbocycles. The predicted octanol–water partition coefficient (Wildman–Crippen LogP) is 3.29. The highest BCUT2D eigenvalue weighted by atomic mass is 79.9. The van der Waals surface area contributed by atoms with Crippen molar-refractivity contribution in [3.05, 3.63) is 27.7 Å². The van der Waals surface area contributed by atoms with Crippen molar-refractivity contribution in [2.24, 2.45) is 0 Å². The summed E-state index contributed by atoms with van der Waals surface area (Å²) >= 11 is 3.30. The molecule has 1 amide bonds. The van der Waals surface area contributed by atoms with E-state index in [0.29, 0.717) is 21.3 Å². The van der Waals surface area contributed by atoms with E-state index in [4.69, 9.17) is 4.74 Å². The molecule has 2 rings (SSSR count). The Morgan fingerprint density at radius 2 is 2.11 bits per heavy atom. The molecular weight excluding hydrogens is 320 g/mol. The van der Waals surface area contributed by atoms with Crippen LogP contribution in [0.3, 0.4) is 0 Å². The van der Waals surface area contributed by atoms with Crippen molar-refractivity contribution in [3.63, 3.8) is 0 Å². The van der Waals surface area contributed by atoms with Gasteiger partial charge in [0.2, 0.25) is 0 Å². The summed E-state index contributed by atoms with van der Waals surface area (Å²) in [4.78, 5) is 12.1. The van der Waals surface area contributed by atoms with Crippen molar-refractivity contribution >= 4 is 21.8 Å². The van der Waals surface area contributed by atoms with E-state index in [2.05, 4.69) is 21.2 Å². The van der Waals surface area contributed by atoms with Gasteiger partial charge >= 0.3 is 0 Å². The smallest absolute Gasteiger partial charge is 0.253 e. The minimum absolute atomic E-state index is 0.292. The molecule has 0 spiro atoms. The van der Waals surface area contributed by atoms with Gasteiger partial charge in [-0.1, -0.05) is 0 Å². The number of halogens is 3. The van der Waals surface area contributed by atoms with Crippen LogP contribution >= 0.6 is 15.9 Å². The van der Waals surface area contributed by atoms with Gasteiger partial charge in [0.25, 0.3) is 11.8 Å². The van der Waals surface area contributed by atoms with Crippen molar-refractivity contribution in [2.45, 2.75) is 31.7 Å². The summed E-state index contributed by atoms with van der Waals surface area (Å²) in [6.45, 7) is 1.76. The average molecular weight is 334 g/mol. The largest absolute Gasteiger partial charge is 0.496 e. The molecule has 1 fully saturated rings. The normalized spacial score (nSPS) is 17.7. The quantitative estimate of drug-likeness (QED) is 0.921. The second kappa shape index (κ2) is 5.07. The van der Waals surface area contributed by atoms with Crippen LogP contribution in [-0.2, 0) is 0 Å². The van der Waals surface area contributed by atoms with Crippen LogP contribution in [0.25, 0.3) is 0 Å². The van der Waals surface area contributed by atoms with Gasteiger partial charge in [0, 0.05) is 28.9 Å². The van der Waals surface area contributed by atoms with Crippen molar-refractivity contribution in [1.29, 1.82) is 0 Å². The first-order valence-electron chi connectivity index (χ1n) is 5.86. The Morgan fingerprint density at radius 1 is 1.47 bits per heavy atom. The summed E-state index contributed by atoms with van der Waals surface area (Å²) < 4.78 is 31.2. The number of hydrogen-bond donors (Lipinski definition) is 1. The number of carbonyl (C=O) groups excluding carboxylic acids is 1. The highest BCUT2D eigenvalue weighted by Crippen LogP contribution is 2.38. The third-order valence-corrected chi connectivity index (χ3v) is 3.90. The number of amides is 1. The van der Waals surface area contributed by atoms with Gasteiger partial charge in [-0.15, -0.1) is 0 Å². The molecule has 1 saturated carbocycles. The average Bonchev–Trinajstić information content (AvgIpc) is 2.26. The maximum atomic E-state index is 12.7. The Balaban J connectivity index is 2.15. The molecule has 0 heterocycles. The minimum Gasteiger partial charge on any atom is -0.496 e. The Kier molecular flexibility index (Phi) is 3.80. The SMILES string of the molecule is COc1ccc(Br)c(C(=O)NC2CC(F)(F)C2)c1C. The fraction of sp³-hybridized carbons (Fsp3) is 0.462. The number of rotatable bonds is 3. The second-order valence-corrected chi connectivity index (χ2v) is 5.54. The van der Waals surface area contributed by atoms with E-state index in [1.54, 1.807) is 19.1 Å². The molecular formula is C13H14BrF2NO2. The molecule has 0 saturated heterocycles. The minimum atomic E-state index is -2.64. The predicted molar refractivity (Wildman–Crippen MR) is 70.9 cm³/mol. The van der Waals surface area contributed by atoms with E-state index in [1.165, 1.54) is 7.11 Å². The lowest BCUT2D eigenvalue weighted by molar-refractivity contribution is -0.0901. The first-order valence-corrected chi connectivity index (χ1v) is 6.65. The molecule has 0 radical (unpaired) electrons. The van der Waals surface area contributed by atoms with E-state index in [0.717, 1.165) is 0 Å². The standard InChI is InChI=1S/C13H14BrF2NO2/c1-7-10(19-2)4-3-9(14)11(7)12(18)17-8-5-13(15,16)6-8/h3-4,8H,5-6H2,1-2H3,(H,17,18). The lowest BCUT2D eigenvalue weighted by atomic mass is 9.88. The van der Waals surface area contributed by atoms with Crippen molar-refractivity contribution in [1.82, 2.24) is 5.32 Å². The first kappa shape index (κ1) is 14.2. The summed E-state index contributed by atoms with van der Waals surface area (Å²) in [7, 11) is 1.52. The molecule has 0 bridgehead atoms. The highest BCUT2D eigenvalue weighted by molar-refractivity contribution is 9.10. The van der Waals surface area contributed by atoms with Gasteiger partial charge in [0.1, 0.15) is 5.75 Å². The maximum absolute atomic E-state index is 12.7. The van der Waals surface area contributed by atoms with Crippen LogP contribution in [0.1, 0.15) is 28.8 Å². The summed E-state index contributed by atoms with van der Waals surface area (Å²) in [6, 6.07) is 2.99. The molecule has 0 unspecified atom stereocenters. The van der Waals surface area contributed by atoms with Crippen LogP contribution in [0.5, 0.6) is 5.75 Å². The van der Waals surface area contributed by atoms with E-state index < -0.39 is 12.0 Å². The Bertz CT molecular complexity index is 512. The van der Waals surface area contributed by atoms with Crippen LogP contribution in [0.2, 0.25) is 0 Å². The van der Waals surface area contributed by atoms with E-state index >= 15 is 0 Å². The van der Waals surface area contributed by atoms with E-state index in [-0.39, 0.29) is 18.7 Å². The molecule has 19 heavy (non-hydrogen) atoms. The Morgan fingerprint density at radius 3 is 2.63 bits per heavy atom. The van der Waals surface area contributed by atoms with E-state index in [1.807, 2.05) is 0 Å². The lowest BCUT2D eigenvalue weighted by Gasteiger charge is -2.35. The molecule has 1 N–H and O–H groups in total. The molecule has 0 aromatic heterocycles. The first-order chi connectivity index (χ1) is 8.84. The number of alkyl halides is 2. The third kappa shape index (κ3) is 2.88. The summed E-state index contributed by atoms with van der Waals surface area (Å²) in [5, 5.41) is 2.62. The Labute approximate surface area is 118 Å². The van der Waals surface area contributed by atoms with Crippen LogP contribution < -0.4 is 10.1 Å². The molecule has 1 aliphatic carbocycles.